The summed E-state index contributed by atoms with van der Waals surface area (Å²) in [5.41, 5.74) is 4.27. The van der Waals surface area contributed by atoms with E-state index < -0.39 is 0 Å². The van der Waals surface area contributed by atoms with Crippen LogP contribution in [0.2, 0.25) is 0 Å². The number of allylic oxidation sites excluding steroid dienone is 2. The van der Waals surface area contributed by atoms with E-state index in [9.17, 15) is 0 Å². The summed E-state index contributed by atoms with van der Waals surface area (Å²) in [6, 6.07) is 13.8. The van der Waals surface area contributed by atoms with Gasteiger partial charge in [-0.05, 0) is 53.0 Å². The molecule has 0 radical (unpaired) electrons. The number of rotatable bonds is 0. The van der Waals surface area contributed by atoms with Crippen molar-refractivity contribution in [3.8, 4) is 0 Å². The second kappa shape index (κ2) is 4.16. The SMILES string of the molecule is C1=CC[C@@]23CSC[C@]2(C1)CCc1ccc2ccccc2c13. The van der Waals surface area contributed by atoms with Gasteiger partial charge >= 0.3 is 0 Å². The van der Waals surface area contributed by atoms with E-state index in [2.05, 4.69) is 60.3 Å². The lowest BCUT2D eigenvalue weighted by Gasteiger charge is -2.52. The molecule has 1 aliphatic heterocycles. The van der Waals surface area contributed by atoms with E-state index in [1.165, 1.54) is 48.0 Å². The van der Waals surface area contributed by atoms with Gasteiger partial charge in [0.2, 0.25) is 0 Å². The molecule has 5 rings (SSSR count). The standard InChI is InChI=1S/C20H20S/c1-2-6-17-15(5-1)7-8-16-9-12-19-10-3-4-11-20(19,18(16)17)14-21-13-19/h1-8H,9-14H2/t19-,20-/m0/s1. The normalized spacial score (nSPS) is 33.5. The van der Waals surface area contributed by atoms with Crippen LogP contribution in [-0.4, -0.2) is 11.5 Å². The summed E-state index contributed by atoms with van der Waals surface area (Å²) in [4.78, 5) is 0. The molecule has 3 aliphatic rings. The molecule has 0 nitrogen and oxygen atoms in total. The van der Waals surface area contributed by atoms with Gasteiger partial charge < -0.3 is 0 Å². The second-order valence-corrected chi connectivity index (χ2v) is 8.04. The highest BCUT2D eigenvalue weighted by Crippen LogP contribution is 2.64. The van der Waals surface area contributed by atoms with Crippen molar-refractivity contribution in [3.63, 3.8) is 0 Å². The first-order chi connectivity index (χ1) is 10.3. The maximum absolute atomic E-state index is 2.46. The molecule has 21 heavy (non-hydrogen) atoms. The minimum absolute atomic E-state index is 0.404. The molecule has 2 aromatic carbocycles. The van der Waals surface area contributed by atoms with Gasteiger partial charge in [-0.25, -0.2) is 0 Å². The Bertz CT molecular complexity index is 760. The molecule has 1 heterocycles. The fraction of sp³-hybridized carbons (Fsp3) is 0.400. The summed E-state index contributed by atoms with van der Waals surface area (Å²) < 4.78 is 0. The lowest BCUT2D eigenvalue weighted by Crippen LogP contribution is -2.49. The average molecular weight is 292 g/mol. The van der Waals surface area contributed by atoms with Gasteiger partial charge in [0.15, 0.2) is 0 Å². The Kier molecular flexibility index (Phi) is 2.45. The fourth-order valence-electron chi connectivity index (χ4n) is 5.15. The molecule has 0 bridgehead atoms. The van der Waals surface area contributed by atoms with Crippen LogP contribution in [0.1, 0.15) is 30.4 Å². The Labute approximate surface area is 130 Å². The molecule has 0 unspecified atom stereocenters. The topological polar surface area (TPSA) is 0 Å². The molecule has 2 aliphatic carbocycles. The Morgan fingerprint density at radius 1 is 0.905 bits per heavy atom. The molecule has 0 saturated carbocycles. The molecule has 1 fully saturated rings. The van der Waals surface area contributed by atoms with Crippen LogP contribution in [-0.2, 0) is 11.8 Å². The molecule has 0 aromatic heterocycles. The van der Waals surface area contributed by atoms with E-state index in [0.29, 0.717) is 10.8 Å². The van der Waals surface area contributed by atoms with Gasteiger partial charge in [0.05, 0.1) is 0 Å². The third-order valence-electron chi connectivity index (χ3n) is 6.25. The van der Waals surface area contributed by atoms with Crippen LogP contribution < -0.4 is 0 Å². The molecule has 0 N–H and O–H groups in total. The molecule has 106 valence electrons. The minimum Gasteiger partial charge on any atom is -0.160 e. The Morgan fingerprint density at radius 2 is 1.81 bits per heavy atom. The Hall–Kier alpha value is -1.21. The van der Waals surface area contributed by atoms with Crippen molar-refractivity contribution in [2.45, 2.75) is 31.1 Å². The maximum atomic E-state index is 2.46. The van der Waals surface area contributed by atoms with E-state index in [4.69, 9.17) is 0 Å². The van der Waals surface area contributed by atoms with Gasteiger partial charge in [-0.1, -0.05) is 48.6 Å². The van der Waals surface area contributed by atoms with E-state index in [-0.39, 0.29) is 0 Å². The van der Waals surface area contributed by atoms with Gasteiger partial charge in [-0.2, -0.15) is 11.8 Å². The van der Waals surface area contributed by atoms with Crippen LogP contribution in [0.15, 0.2) is 48.6 Å². The molecular weight excluding hydrogens is 272 g/mol. The van der Waals surface area contributed by atoms with Crippen molar-refractivity contribution in [2.24, 2.45) is 5.41 Å². The monoisotopic (exact) mass is 292 g/mol. The van der Waals surface area contributed by atoms with Crippen LogP contribution in [0, 0.1) is 5.41 Å². The van der Waals surface area contributed by atoms with Crippen LogP contribution >= 0.6 is 11.8 Å². The summed E-state index contributed by atoms with van der Waals surface area (Å²) in [5.74, 6) is 2.68. The molecule has 2 atom stereocenters. The quantitative estimate of drug-likeness (QED) is 0.608. The van der Waals surface area contributed by atoms with Crippen molar-refractivity contribution < 1.29 is 0 Å². The summed E-state index contributed by atoms with van der Waals surface area (Å²) in [7, 11) is 0. The van der Waals surface area contributed by atoms with Crippen molar-refractivity contribution in [3.05, 3.63) is 59.7 Å². The minimum atomic E-state index is 0.404. The molecule has 2 aromatic rings. The first-order valence-electron chi connectivity index (χ1n) is 8.09. The molecular formula is C20H20S. The molecule has 1 saturated heterocycles. The van der Waals surface area contributed by atoms with E-state index >= 15 is 0 Å². The highest BCUT2D eigenvalue weighted by molar-refractivity contribution is 7.99. The number of benzene rings is 2. The largest absolute Gasteiger partial charge is 0.160 e. The zero-order valence-corrected chi connectivity index (χ0v) is 13.1. The van der Waals surface area contributed by atoms with Crippen molar-refractivity contribution in [1.82, 2.24) is 0 Å². The Morgan fingerprint density at radius 3 is 2.81 bits per heavy atom. The predicted octanol–water partition coefficient (Wildman–Crippen LogP) is 5.11. The van der Waals surface area contributed by atoms with Gasteiger partial charge in [-0.15, -0.1) is 0 Å². The van der Waals surface area contributed by atoms with Gasteiger partial charge in [0.25, 0.3) is 0 Å². The highest BCUT2D eigenvalue weighted by Gasteiger charge is 2.58. The third kappa shape index (κ3) is 1.43. The van der Waals surface area contributed by atoms with Crippen LogP contribution in [0.4, 0.5) is 0 Å². The number of fused-ring (bicyclic) bond motifs is 3. The number of hydrogen-bond acceptors (Lipinski definition) is 1. The first kappa shape index (κ1) is 12.3. The van der Waals surface area contributed by atoms with E-state index in [0.717, 1.165) is 0 Å². The van der Waals surface area contributed by atoms with E-state index in [1.54, 1.807) is 11.1 Å². The zero-order chi connectivity index (χ0) is 13.9. The van der Waals surface area contributed by atoms with Crippen LogP contribution in [0.5, 0.6) is 0 Å². The van der Waals surface area contributed by atoms with Crippen molar-refractivity contribution >= 4 is 22.5 Å². The number of hydrogen-bond donors (Lipinski definition) is 0. The second-order valence-electron chi connectivity index (χ2n) is 7.06. The summed E-state index contributed by atoms with van der Waals surface area (Å²) in [6.45, 7) is 0. The smallest absolute Gasteiger partial charge is 0.0154 e. The lowest BCUT2D eigenvalue weighted by atomic mass is 9.51. The lowest BCUT2D eigenvalue weighted by molar-refractivity contribution is 0.143. The van der Waals surface area contributed by atoms with Crippen molar-refractivity contribution in [2.75, 3.05) is 11.5 Å². The first-order valence-corrected chi connectivity index (χ1v) is 9.24. The Balaban J connectivity index is 1.89. The van der Waals surface area contributed by atoms with Gasteiger partial charge in [0, 0.05) is 16.9 Å². The predicted molar refractivity (Wildman–Crippen MR) is 92.1 cm³/mol. The fourth-order valence-corrected chi connectivity index (χ4v) is 7.10. The zero-order valence-electron chi connectivity index (χ0n) is 12.3. The van der Waals surface area contributed by atoms with Crippen LogP contribution in [0.25, 0.3) is 10.8 Å². The molecule has 0 amide bonds. The molecule has 0 spiro atoms. The summed E-state index contributed by atoms with van der Waals surface area (Å²) in [5, 5.41) is 2.95. The third-order valence-corrected chi connectivity index (χ3v) is 7.70. The number of aryl methyl sites for hydroxylation is 1. The highest BCUT2D eigenvalue weighted by atomic mass is 32.2. The molecule has 1 heteroatoms. The summed E-state index contributed by atoms with van der Waals surface area (Å²) >= 11 is 2.20. The maximum Gasteiger partial charge on any atom is 0.0154 e. The average Bonchev–Trinajstić information content (AvgIpc) is 2.94. The number of thioether (sulfide) groups is 1. The van der Waals surface area contributed by atoms with E-state index in [1.807, 2.05) is 0 Å². The summed E-state index contributed by atoms with van der Waals surface area (Å²) in [6.07, 6.45) is 10.1. The van der Waals surface area contributed by atoms with Crippen molar-refractivity contribution in [1.29, 1.82) is 0 Å². The van der Waals surface area contributed by atoms with Gasteiger partial charge in [0.1, 0.15) is 0 Å². The van der Waals surface area contributed by atoms with Crippen LogP contribution in [0.3, 0.4) is 0 Å². The van der Waals surface area contributed by atoms with Gasteiger partial charge in [-0.3, -0.25) is 0 Å².